The highest BCUT2D eigenvalue weighted by atomic mass is 16.4. The Morgan fingerprint density at radius 3 is 2.35 bits per heavy atom. The van der Waals surface area contributed by atoms with E-state index >= 15 is 0 Å². The zero-order valence-corrected chi connectivity index (χ0v) is 16.2. The van der Waals surface area contributed by atoms with Gasteiger partial charge in [-0.3, -0.25) is 0 Å². The highest BCUT2D eigenvalue weighted by Gasteiger charge is 2.14. The van der Waals surface area contributed by atoms with Crippen molar-refractivity contribution in [2.75, 3.05) is 20.6 Å². The van der Waals surface area contributed by atoms with Crippen LogP contribution in [0.15, 0.2) is 48.5 Å². The van der Waals surface area contributed by atoms with Crippen LogP contribution in [0.3, 0.4) is 0 Å². The average molecular weight is 354 g/mol. The molecule has 0 bridgehead atoms. The first-order chi connectivity index (χ1) is 12.4. The van der Waals surface area contributed by atoms with Gasteiger partial charge in [0.05, 0.1) is 5.56 Å². The van der Waals surface area contributed by atoms with Gasteiger partial charge in [0.25, 0.3) is 0 Å². The topological polar surface area (TPSA) is 52.6 Å². The van der Waals surface area contributed by atoms with Gasteiger partial charge in [-0.1, -0.05) is 50.2 Å². The number of carboxylic acid groups (broad SMARTS) is 1. The van der Waals surface area contributed by atoms with Gasteiger partial charge in [-0.15, -0.1) is 0 Å². The van der Waals surface area contributed by atoms with Crippen molar-refractivity contribution in [3.05, 3.63) is 70.8 Å². The Balaban J connectivity index is 1.98. The number of hydrogen-bond acceptors (Lipinski definition) is 3. The summed E-state index contributed by atoms with van der Waals surface area (Å²) in [4.78, 5) is 13.3. The number of nitrogens with zero attached hydrogens (tertiary/aromatic N) is 1. The van der Waals surface area contributed by atoms with Gasteiger partial charge in [0.2, 0.25) is 0 Å². The van der Waals surface area contributed by atoms with E-state index in [-0.39, 0.29) is 6.04 Å². The monoisotopic (exact) mass is 354 g/mol. The first kappa shape index (κ1) is 20.1. The summed E-state index contributed by atoms with van der Waals surface area (Å²) in [5.41, 5.74) is 3.97. The van der Waals surface area contributed by atoms with Crippen molar-refractivity contribution in [2.24, 2.45) is 5.92 Å². The predicted molar refractivity (Wildman–Crippen MR) is 107 cm³/mol. The fourth-order valence-electron chi connectivity index (χ4n) is 3.11. The van der Waals surface area contributed by atoms with Crippen LogP contribution in [-0.2, 0) is 13.0 Å². The zero-order chi connectivity index (χ0) is 19.1. The second kappa shape index (κ2) is 9.51. The van der Waals surface area contributed by atoms with Gasteiger partial charge in [0.15, 0.2) is 0 Å². The van der Waals surface area contributed by atoms with E-state index in [0.29, 0.717) is 18.0 Å². The van der Waals surface area contributed by atoms with Crippen LogP contribution in [0.2, 0.25) is 0 Å². The summed E-state index contributed by atoms with van der Waals surface area (Å²) < 4.78 is 0. The van der Waals surface area contributed by atoms with E-state index in [2.05, 4.69) is 62.4 Å². The lowest BCUT2D eigenvalue weighted by Gasteiger charge is -2.25. The van der Waals surface area contributed by atoms with Gasteiger partial charge >= 0.3 is 5.97 Å². The molecule has 0 amide bonds. The quantitative estimate of drug-likeness (QED) is 0.715. The normalized spacial score (nSPS) is 12.5. The molecule has 0 radical (unpaired) electrons. The molecule has 2 rings (SSSR count). The molecule has 2 aromatic carbocycles. The van der Waals surface area contributed by atoms with E-state index in [1.54, 1.807) is 18.2 Å². The van der Waals surface area contributed by atoms with Gasteiger partial charge in [-0.2, -0.15) is 0 Å². The molecule has 0 saturated carbocycles. The third kappa shape index (κ3) is 5.97. The second-order valence-corrected chi connectivity index (χ2v) is 7.46. The van der Waals surface area contributed by atoms with E-state index in [1.807, 2.05) is 6.07 Å². The van der Waals surface area contributed by atoms with Gasteiger partial charge < -0.3 is 15.3 Å². The summed E-state index contributed by atoms with van der Waals surface area (Å²) in [5.74, 6) is -0.228. The van der Waals surface area contributed by atoms with E-state index in [9.17, 15) is 4.79 Å². The number of carboxylic acids is 1. The molecule has 2 aromatic rings. The van der Waals surface area contributed by atoms with Crippen molar-refractivity contribution >= 4 is 5.97 Å². The molecule has 4 heteroatoms. The maximum atomic E-state index is 11.1. The van der Waals surface area contributed by atoms with E-state index in [0.717, 1.165) is 18.5 Å². The molecule has 26 heavy (non-hydrogen) atoms. The predicted octanol–water partition coefficient (Wildman–Crippen LogP) is 3.98. The third-order valence-corrected chi connectivity index (χ3v) is 4.47. The molecule has 140 valence electrons. The number of benzene rings is 2. The Kier molecular flexibility index (Phi) is 7.37. The number of rotatable bonds is 9. The van der Waals surface area contributed by atoms with Gasteiger partial charge in [-0.25, -0.2) is 4.79 Å². The molecule has 0 heterocycles. The minimum Gasteiger partial charge on any atom is -0.478 e. The number of aromatic carboxylic acids is 1. The summed E-state index contributed by atoms with van der Waals surface area (Å²) in [5, 5.41) is 12.6. The van der Waals surface area contributed by atoms with Crippen LogP contribution in [0.25, 0.3) is 0 Å². The van der Waals surface area contributed by atoms with Crippen molar-refractivity contribution < 1.29 is 9.90 Å². The zero-order valence-electron chi connectivity index (χ0n) is 16.2. The van der Waals surface area contributed by atoms with Crippen LogP contribution in [-0.4, -0.2) is 36.6 Å². The smallest absolute Gasteiger partial charge is 0.335 e. The number of carbonyl (C=O) groups is 1. The molecule has 2 N–H and O–H groups in total. The fourth-order valence-corrected chi connectivity index (χ4v) is 3.11. The fraction of sp³-hybridized carbons (Fsp3) is 0.409. The van der Waals surface area contributed by atoms with Crippen LogP contribution in [0.5, 0.6) is 0 Å². The summed E-state index contributed by atoms with van der Waals surface area (Å²) in [6.45, 7) is 5.92. The van der Waals surface area contributed by atoms with Gasteiger partial charge in [-0.05, 0) is 55.3 Å². The lowest BCUT2D eigenvalue weighted by molar-refractivity contribution is 0.0696. The van der Waals surface area contributed by atoms with Gasteiger partial charge in [0, 0.05) is 19.1 Å². The molecule has 0 spiro atoms. The summed E-state index contributed by atoms with van der Waals surface area (Å²) >= 11 is 0. The van der Waals surface area contributed by atoms with Crippen molar-refractivity contribution in [1.82, 2.24) is 10.2 Å². The molecule has 0 aliphatic carbocycles. The molecule has 1 atom stereocenters. The Bertz CT molecular complexity index is 708. The minimum atomic E-state index is -0.889. The molecule has 4 nitrogen and oxygen atoms in total. The standard InChI is InChI=1S/C22H30N2O2/c1-16(2)12-17-8-10-19(11-9-17)21(24(3)4)15-23-14-18-6-5-7-20(13-18)22(25)26/h5-11,13,16,21,23H,12,14-15H2,1-4H3,(H,25,26). The SMILES string of the molecule is CC(C)Cc1ccc(C(CNCc2cccc(C(=O)O)c2)N(C)C)cc1. The number of hydrogen-bond donors (Lipinski definition) is 2. The van der Waals surface area contributed by atoms with Crippen molar-refractivity contribution in [2.45, 2.75) is 32.9 Å². The molecule has 0 aliphatic heterocycles. The molecule has 1 unspecified atom stereocenters. The molecular formula is C22H30N2O2. The highest BCUT2D eigenvalue weighted by molar-refractivity contribution is 5.87. The Morgan fingerprint density at radius 1 is 1.08 bits per heavy atom. The van der Waals surface area contributed by atoms with Crippen molar-refractivity contribution in [3.63, 3.8) is 0 Å². The molecular weight excluding hydrogens is 324 g/mol. The van der Waals surface area contributed by atoms with Crippen LogP contribution in [0.4, 0.5) is 0 Å². The third-order valence-electron chi connectivity index (χ3n) is 4.47. The van der Waals surface area contributed by atoms with Crippen molar-refractivity contribution in [1.29, 1.82) is 0 Å². The summed E-state index contributed by atoms with van der Waals surface area (Å²) in [6, 6.07) is 16.2. The molecule has 0 saturated heterocycles. The maximum Gasteiger partial charge on any atom is 0.335 e. The molecule has 0 fully saturated rings. The Hall–Kier alpha value is -2.17. The number of nitrogens with one attached hydrogen (secondary N) is 1. The minimum absolute atomic E-state index is 0.269. The second-order valence-electron chi connectivity index (χ2n) is 7.46. The van der Waals surface area contributed by atoms with Crippen molar-refractivity contribution in [3.8, 4) is 0 Å². The Morgan fingerprint density at radius 2 is 1.77 bits per heavy atom. The first-order valence-corrected chi connectivity index (χ1v) is 9.15. The summed E-state index contributed by atoms with van der Waals surface area (Å²) in [6.07, 6.45) is 1.10. The van der Waals surface area contributed by atoms with E-state index in [4.69, 9.17) is 5.11 Å². The summed E-state index contributed by atoms with van der Waals surface area (Å²) in [7, 11) is 4.17. The van der Waals surface area contributed by atoms with Gasteiger partial charge in [0.1, 0.15) is 0 Å². The Labute approximate surface area is 156 Å². The first-order valence-electron chi connectivity index (χ1n) is 9.15. The van der Waals surface area contributed by atoms with E-state index in [1.165, 1.54) is 11.1 Å². The molecule has 0 aliphatic rings. The van der Waals surface area contributed by atoms with Crippen LogP contribution in [0, 0.1) is 5.92 Å². The number of likely N-dealkylation sites (N-methyl/N-ethyl adjacent to an activating group) is 1. The van der Waals surface area contributed by atoms with E-state index < -0.39 is 5.97 Å². The average Bonchev–Trinajstić information content (AvgIpc) is 2.59. The largest absolute Gasteiger partial charge is 0.478 e. The maximum absolute atomic E-state index is 11.1. The lowest BCUT2D eigenvalue weighted by Crippen LogP contribution is -2.30. The highest BCUT2D eigenvalue weighted by Crippen LogP contribution is 2.19. The van der Waals surface area contributed by atoms with Crippen LogP contribution in [0.1, 0.15) is 46.9 Å². The lowest BCUT2D eigenvalue weighted by atomic mass is 9.99. The van der Waals surface area contributed by atoms with Crippen LogP contribution >= 0.6 is 0 Å². The van der Waals surface area contributed by atoms with Crippen LogP contribution < -0.4 is 5.32 Å². The molecule has 0 aromatic heterocycles.